The molecule has 1 aliphatic heterocycles. The molecule has 0 aromatic heterocycles. The molecule has 0 bridgehead atoms. The van der Waals surface area contributed by atoms with Crippen LogP contribution in [0.4, 0.5) is 0 Å². The van der Waals surface area contributed by atoms with E-state index in [-0.39, 0.29) is 29.4 Å². The minimum atomic E-state index is -3.53. The van der Waals surface area contributed by atoms with Crippen LogP contribution in [0, 0.1) is 5.92 Å². The lowest BCUT2D eigenvalue weighted by molar-refractivity contribution is -0.126. The summed E-state index contributed by atoms with van der Waals surface area (Å²) < 4.78 is 32.3. The van der Waals surface area contributed by atoms with Gasteiger partial charge in [0.2, 0.25) is 15.9 Å². The van der Waals surface area contributed by atoms with Crippen molar-refractivity contribution in [2.24, 2.45) is 5.92 Å². The van der Waals surface area contributed by atoms with Crippen LogP contribution in [0.1, 0.15) is 33.1 Å². The van der Waals surface area contributed by atoms with Gasteiger partial charge in [-0.2, -0.15) is 4.31 Å². The first kappa shape index (κ1) is 19.9. The fourth-order valence-electron chi connectivity index (χ4n) is 2.86. The van der Waals surface area contributed by atoms with Crippen LogP contribution in [0.3, 0.4) is 0 Å². The van der Waals surface area contributed by atoms with Crippen molar-refractivity contribution in [3.8, 4) is 0 Å². The normalized spacial score (nSPS) is 19.1. The fraction of sp³-hybridized carbons (Fsp3) is 0.611. The second kappa shape index (κ2) is 9.31. The molecule has 0 saturated carbocycles. The van der Waals surface area contributed by atoms with Crippen LogP contribution < -0.4 is 5.32 Å². The molecule has 0 unspecified atom stereocenters. The number of carbonyl (C=O) groups excluding carboxylic acids is 1. The van der Waals surface area contributed by atoms with Gasteiger partial charge in [-0.15, -0.1) is 0 Å². The number of nitrogens with zero attached hydrogens (tertiary/aromatic N) is 1. The van der Waals surface area contributed by atoms with E-state index in [1.165, 1.54) is 4.31 Å². The van der Waals surface area contributed by atoms with Crippen LogP contribution in [0.25, 0.3) is 0 Å². The zero-order valence-electron chi connectivity index (χ0n) is 15.0. The Morgan fingerprint density at radius 3 is 2.72 bits per heavy atom. The topological polar surface area (TPSA) is 75.7 Å². The van der Waals surface area contributed by atoms with Gasteiger partial charge in [0.15, 0.2) is 0 Å². The van der Waals surface area contributed by atoms with E-state index in [1.807, 2.05) is 13.8 Å². The summed E-state index contributed by atoms with van der Waals surface area (Å²) in [5, 5.41) is 2.90. The van der Waals surface area contributed by atoms with E-state index in [0.717, 1.165) is 12.8 Å². The van der Waals surface area contributed by atoms with Crippen molar-refractivity contribution >= 4 is 15.9 Å². The summed E-state index contributed by atoms with van der Waals surface area (Å²) in [5.74, 6) is -0.365. The highest BCUT2D eigenvalue weighted by molar-refractivity contribution is 7.89. The number of ether oxygens (including phenoxy) is 1. The van der Waals surface area contributed by atoms with E-state index in [4.69, 9.17) is 4.74 Å². The molecule has 0 aliphatic carbocycles. The van der Waals surface area contributed by atoms with Crippen LogP contribution in [0.15, 0.2) is 35.2 Å². The van der Waals surface area contributed by atoms with Gasteiger partial charge in [0.25, 0.3) is 0 Å². The molecule has 6 nitrogen and oxygen atoms in total. The predicted molar refractivity (Wildman–Crippen MR) is 96.6 cm³/mol. The molecule has 1 N–H and O–H groups in total. The van der Waals surface area contributed by atoms with Crippen LogP contribution in [-0.2, 0) is 19.6 Å². The molecule has 1 aromatic carbocycles. The van der Waals surface area contributed by atoms with Gasteiger partial charge in [-0.3, -0.25) is 4.79 Å². The SMILES string of the molecule is CC(C)OCCCNC(=O)[C@@H]1CCCN(S(=O)(=O)c2ccccc2)C1. The van der Waals surface area contributed by atoms with Crippen molar-refractivity contribution in [1.82, 2.24) is 9.62 Å². The van der Waals surface area contributed by atoms with E-state index < -0.39 is 10.0 Å². The Bertz CT molecular complexity index is 646. The number of amides is 1. The molecule has 0 radical (unpaired) electrons. The molecule has 0 spiro atoms. The fourth-order valence-corrected chi connectivity index (χ4v) is 4.41. The minimum Gasteiger partial charge on any atom is -0.379 e. The molecule has 140 valence electrons. The van der Waals surface area contributed by atoms with Gasteiger partial charge in [0, 0.05) is 26.2 Å². The molecule has 1 aromatic rings. The first-order chi connectivity index (χ1) is 11.9. The lowest BCUT2D eigenvalue weighted by atomic mass is 9.99. The lowest BCUT2D eigenvalue weighted by Gasteiger charge is -2.31. The molecule has 25 heavy (non-hydrogen) atoms. The van der Waals surface area contributed by atoms with E-state index in [0.29, 0.717) is 26.1 Å². The van der Waals surface area contributed by atoms with Gasteiger partial charge in [-0.05, 0) is 45.2 Å². The maximum Gasteiger partial charge on any atom is 0.243 e. The van der Waals surface area contributed by atoms with Crippen molar-refractivity contribution in [1.29, 1.82) is 0 Å². The smallest absolute Gasteiger partial charge is 0.243 e. The summed E-state index contributed by atoms with van der Waals surface area (Å²) in [4.78, 5) is 12.6. The van der Waals surface area contributed by atoms with Crippen molar-refractivity contribution in [3.63, 3.8) is 0 Å². The van der Waals surface area contributed by atoms with Crippen molar-refractivity contribution in [3.05, 3.63) is 30.3 Å². The summed E-state index contributed by atoms with van der Waals surface area (Å²) in [5.41, 5.74) is 0. The van der Waals surface area contributed by atoms with Crippen LogP contribution >= 0.6 is 0 Å². The molecule has 1 heterocycles. The maximum atomic E-state index is 12.7. The number of hydrogen-bond acceptors (Lipinski definition) is 4. The zero-order valence-corrected chi connectivity index (χ0v) is 15.8. The molecule has 7 heteroatoms. The highest BCUT2D eigenvalue weighted by atomic mass is 32.2. The molecule has 1 saturated heterocycles. The third-order valence-electron chi connectivity index (χ3n) is 4.21. The second-order valence-electron chi connectivity index (χ2n) is 6.58. The average molecular weight is 368 g/mol. The van der Waals surface area contributed by atoms with Crippen LogP contribution in [0.2, 0.25) is 0 Å². The molecule has 1 fully saturated rings. The van der Waals surface area contributed by atoms with Crippen molar-refractivity contribution in [2.45, 2.75) is 44.1 Å². The molecular formula is C18H28N2O4S. The summed E-state index contributed by atoms with van der Waals surface area (Å²) >= 11 is 0. The average Bonchev–Trinajstić information content (AvgIpc) is 2.62. The molecule has 1 aliphatic rings. The first-order valence-corrected chi connectivity index (χ1v) is 10.3. The number of benzene rings is 1. The number of rotatable bonds is 8. The van der Waals surface area contributed by atoms with E-state index in [9.17, 15) is 13.2 Å². The predicted octanol–water partition coefficient (Wildman–Crippen LogP) is 2.02. The Morgan fingerprint density at radius 1 is 1.32 bits per heavy atom. The van der Waals surface area contributed by atoms with Gasteiger partial charge in [0.1, 0.15) is 0 Å². The lowest BCUT2D eigenvalue weighted by Crippen LogP contribution is -2.45. The van der Waals surface area contributed by atoms with E-state index in [1.54, 1.807) is 30.3 Å². The van der Waals surface area contributed by atoms with Gasteiger partial charge in [-0.25, -0.2) is 8.42 Å². The Kier molecular flexibility index (Phi) is 7.40. The standard InChI is InChI=1S/C18H28N2O4S/c1-15(2)24-13-7-11-19-18(21)16-8-6-12-20(14-16)25(22,23)17-9-4-3-5-10-17/h3-5,9-10,15-16H,6-8,11-14H2,1-2H3,(H,19,21)/t16-/m1/s1. The Hall–Kier alpha value is -1.44. The van der Waals surface area contributed by atoms with Gasteiger partial charge in [-0.1, -0.05) is 18.2 Å². The summed E-state index contributed by atoms with van der Waals surface area (Å²) in [6.07, 6.45) is 2.35. The van der Waals surface area contributed by atoms with Crippen LogP contribution in [-0.4, -0.2) is 51.0 Å². The highest BCUT2D eigenvalue weighted by Crippen LogP contribution is 2.23. The van der Waals surface area contributed by atoms with Gasteiger partial charge >= 0.3 is 0 Å². The second-order valence-corrected chi connectivity index (χ2v) is 8.52. The third-order valence-corrected chi connectivity index (χ3v) is 6.09. The zero-order chi connectivity index (χ0) is 18.3. The highest BCUT2D eigenvalue weighted by Gasteiger charge is 2.33. The molecule has 1 atom stereocenters. The van der Waals surface area contributed by atoms with Gasteiger partial charge < -0.3 is 10.1 Å². The number of nitrogens with one attached hydrogen (secondary N) is 1. The number of carbonyl (C=O) groups is 1. The quantitative estimate of drug-likeness (QED) is 0.712. The number of piperidine rings is 1. The molecule has 1 amide bonds. The van der Waals surface area contributed by atoms with Crippen LogP contribution in [0.5, 0.6) is 0 Å². The van der Waals surface area contributed by atoms with Crippen molar-refractivity contribution < 1.29 is 17.9 Å². The summed E-state index contributed by atoms with van der Waals surface area (Å²) in [6, 6.07) is 8.39. The number of sulfonamides is 1. The van der Waals surface area contributed by atoms with E-state index in [2.05, 4.69) is 5.32 Å². The summed E-state index contributed by atoms with van der Waals surface area (Å²) in [7, 11) is -3.53. The van der Waals surface area contributed by atoms with Gasteiger partial charge in [0.05, 0.1) is 16.9 Å². The maximum absolute atomic E-state index is 12.7. The Balaban J connectivity index is 1.87. The monoisotopic (exact) mass is 368 g/mol. The number of hydrogen-bond donors (Lipinski definition) is 1. The largest absolute Gasteiger partial charge is 0.379 e. The molecular weight excluding hydrogens is 340 g/mol. The van der Waals surface area contributed by atoms with E-state index >= 15 is 0 Å². The Labute approximate surface area is 150 Å². The van der Waals surface area contributed by atoms with Crippen molar-refractivity contribution in [2.75, 3.05) is 26.2 Å². The summed E-state index contributed by atoms with van der Waals surface area (Å²) in [6.45, 7) is 5.81. The molecule has 2 rings (SSSR count). The Morgan fingerprint density at radius 2 is 2.04 bits per heavy atom. The minimum absolute atomic E-state index is 0.0718. The first-order valence-electron chi connectivity index (χ1n) is 8.86. The third kappa shape index (κ3) is 5.80.